The highest BCUT2D eigenvalue weighted by molar-refractivity contribution is 5.93. The third kappa shape index (κ3) is 4.00. The minimum atomic E-state index is -0.0366. The van der Waals surface area contributed by atoms with Crippen molar-refractivity contribution >= 4 is 28.3 Å². The normalized spacial score (nSPS) is 13.9. The van der Waals surface area contributed by atoms with Crippen LogP contribution in [0.25, 0.3) is 10.9 Å². The van der Waals surface area contributed by atoms with Crippen molar-refractivity contribution in [3.05, 3.63) is 42.7 Å². The Hall–Kier alpha value is -3.95. The van der Waals surface area contributed by atoms with E-state index in [0.717, 1.165) is 12.8 Å². The second-order valence-corrected chi connectivity index (χ2v) is 6.51. The van der Waals surface area contributed by atoms with Gasteiger partial charge in [0.05, 0.1) is 12.6 Å². The lowest BCUT2D eigenvalue weighted by molar-refractivity contribution is -0.778. The number of amides is 1. The molecular weight excluding hydrogens is 378 g/mol. The van der Waals surface area contributed by atoms with Crippen LogP contribution in [0.5, 0.6) is 17.2 Å². The quantitative estimate of drug-likeness (QED) is 0.329. The Morgan fingerprint density at radius 3 is 2.79 bits per heavy atom. The van der Waals surface area contributed by atoms with Gasteiger partial charge in [-0.25, -0.2) is 9.97 Å². The van der Waals surface area contributed by atoms with Crippen LogP contribution in [-0.4, -0.2) is 38.3 Å². The van der Waals surface area contributed by atoms with Crippen molar-refractivity contribution < 1.29 is 29.5 Å². The Balaban J connectivity index is 1.62. The van der Waals surface area contributed by atoms with E-state index in [0.29, 0.717) is 38.8 Å². The third-order valence-electron chi connectivity index (χ3n) is 4.43. The maximum absolute atomic E-state index is 11.9. The SMILES string of the molecule is COc1cc2cc([N+](O)=NO)cnc2cc1Oc1ccnc(NC(=O)C2CC2)c1. The van der Waals surface area contributed by atoms with E-state index in [9.17, 15) is 10.0 Å². The van der Waals surface area contributed by atoms with E-state index in [1.165, 1.54) is 13.3 Å². The van der Waals surface area contributed by atoms with Gasteiger partial charge in [0.1, 0.15) is 17.8 Å². The molecule has 148 valence electrons. The molecule has 29 heavy (non-hydrogen) atoms. The van der Waals surface area contributed by atoms with Gasteiger partial charge in [0.2, 0.25) is 11.2 Å². The number of hydrogen-bond donors (Lipinski definition) is 3. The van der Waals surface area contributed by atoms with E-state index < -0.39 is 0 Å². The molecule has 10 nitrogen and oxygen atoms in total. The average Bonchev–Trinajstić information content (AvgIpc) is 3.58. The molecule has 0 unspecified atom stereocenters. The highest BCUT2D eigenvalue weighted by Crippen LogP contribution is 2.36. The lowest BCUT2D eigenvalue weighted by atomic mass is 10.2. The second-order valence-electron chi connectivity index (χ2n) is 6.51. The number of carbonyl (C=O) groups is 1. The predicted molar refractivity (Wildman–Crippen MR) is 99.9 cm³/mol. The molecule has 2 aromatic heterocycles. The molecule has 0 bridgehead atoms. The summed E-state index contributed by atoms with van der Waals surface area (Å²) in [5.41, 5.74) is 0.758. The van der Waals surface area contributed by atoms with Gasteiger partial charge >= 0.3 is 5.69 Å². The topological polar surface area (TPSA) is 129 Å². The first-order valence-corrected chi connectivity index (χ1v) is 8.84. The summed E-state index contributed by atoms with van der Waals surface area (Å²) in [5, 5.41) is 24.3. The van der Waals surface area contributed by atoms with Gasteiger partial charge in [-0.05, 0) is 25.0 Å². The number of rotatable bonds is 6. The van der Waals surface area contributed by atoms with Crippen LogP contribution in [0.4, 0.5) is 11.5 Å². The van der Waals surface area contributed by atoms with Crippen LogP contribution < -0.4 is 14.8 Å². The fourth-order valence-corrected chi connectivity index (χ4v) is 2.77. The van der Waals surface area contributed by atoms with Gasteiger partial charge in [-0.1, -0.05) is 0 Å². The van der Waals surface area contributed by atoms with Gasteiger partial charge in [0.15, 0.2) is 16.4 Å². The highest BCUT2D eigenvalue weighted by Gasteiger charge is 2.29. The molecule has 1 fully saturated rings. The monoisotopic (exact) mass is 396 g/mol. The first-order chi connectivity index (χ1) is 14.1. The largest absolute Gasteiger partial charge is 0.493 e. The maximum Gasteiger partial charge on any atom is 0.311 e. The van der Waals surface area contributed by atoms with Crippen molar-refractivity contribution in [3.63, 3.8) is 0 Å². The number of fused-ring (bicyclic) bond motifs is 1. The highest BCUT2D eigenvalue weighted by atomic mass is 16.6. The Labute approximate surface area is 165 Å². The van der Waals surface area contributed by atoms with Crippen LogP contribution in [0.15, 0.2) is 48.0 Å². The third-order valence-corrected chi connectivity index (χ3v) is 4.43. The van der Waals surface area contributed by atoms with Gasteiger partial charge in [-0.15, -0.1) is 0 Å². The number of carbonyl (C=O) groups excluding carboxylic acids is 1. The van der Waals surface area contributed by atoms with E-state index in [4.69, 9.17) is 14.7 Å². The molecule has 4 rings (SSSR count). The van der Waals surface area contributed by atoms with Crippen molar-refractivity contribution in [2.24, 2.45) is 11.2 Å². The smallest absolute Gasteiger partial charge is 0.311 e. The molecule has 1 aliphatic rings. The lowest BCUT2D eigenvalue weighted by Crippen LogP contribution is -2.14. The average molecular weight is 396 g/mol. The summed E-state index contributed by atoms with van der Waals surface area (Å²) in [6, 6.07) is 8.24. The molecule has 0 aliphatic heterocycles. The molecule has 3 N–H and O–H groups in total. The lowest BCUT2D eigenvalue weighted by Gasteiger charge is -2.12. The first kappa shape index (κ1) is 18.4. The molecule has 1 aliphatic carbocycles. The summed E-state index contributed by atoms with van der Waals surface area (Å²) in [6.07, 6.45) is 4.71. The molecule has 1 amide bonds. The summed E-state index contributed by atoms with van der Waals surface area (Å²) in [7, 11) is 1.50. The number of anilines is 1. The number of pyridine rings is 2. The van der Waals surface area contributed by atoms with Crippen LogP contribution in [0.1, 0.15) is 12.8 Å². The minimum absolute atomic E-state index is 0.0366. The molecule has 0 saturated heterocycles. The van der Waals surface area contributed by atoms with Gasteiger partial charge < -0.3 is 20.0 Å². The molecular formula is C19H18N5O5+. The standard InChI is InChI=1S/C19H17N5O5/c1-28-16-7-12-6-13(24(27)23-26)10-21-15(12)9-17(16)29-14-4-5-20-18(8-14)22-19(25)11-2-3-11/h4-11,27H,2-3H2,1H3,(H,20,22,25)/p+1. The van der Waals surface area contributed by atoms with Gasteiger partial charge in [-0.2, -0.15) is 0 Å². The zero-order valence-corrected chi connectivity index (χ0v) is 15.4. The molecule has 2 heterocycles. The summed E-state index contributed by atoms with van der Waals surface area (Å²) in [6.45, 7) is 0. The summed E-state index contributed by atoms with van der Waals surface area (Å²) < 4.78 is 11.3. The zero-order chi connectivity index (χ0) is 20.4. The fraction of sp³-hybridized carbons (Fsp3) is 0.211. The zero-order valence-electron chi connectivity index (χ0n) is 15.4. The van der Waals surface area contributed by atoms with Crippen molar-refractivity contribution in [3.8, 4) is 17.2 Å². The van der Waals surface area contributed by atoms with Gasteiger partial charge in [-0.3, -0.25) is 10.0 Å². The number of aromatic nitrogens is 2. The summed E-state index contributed by atoms with van der Waals surface area (Å²) >= 11 is 0. The Morgan fingerprint density at radius 1 is 1.24 bits per heavy atom. The maximum atomic E-state index is 11.9. The number of benzene rings is 1. The Bertz CT molecular complexity index is 1110. The molecule has 1 aromatic carbocycles. The van der Waals surface area contributed by atoms with E-state index in [1.54, 1.807) is 36.5 Å². The number of nitrogens with zero attached hydrogens (tertiary/aromatic N) is 4. The van der Waals surface area contributed by atoms with Crippen molar-refractivity contribution in [1.29, 1.82) is 0 Å². The number of hydrogen-bond acceptors (Lipinski definition) is 6. The summed E-state index contributed by atoms with van der Waals surface area (Å²) in [4.78, 5) is 20.6. The molecule has 1 saturated carbocycles. The molecule has 3 aromatic rings. The van der Waals surface area contributed by atoms with E-state index in [2.05, 4.69) is 20.6 Å². The van der Waals surface area contributed by atoms with E-state index >= 15 is 0 Å². The second kappa shape index (κ2) is 7.58. The van der Waals surface area contributed by atoms with E-state index in [1.807, 2.05) is 0 Å². The van der Waals surface area contributed by atoms with E-state index in [-0.39, 0.29) is 17.5 Å². The number of ether oxygens (including phenoxy) is 2. The molecule has 0 spiro atoms. The fourth-order valence-electron chi connectivity index (χ4n) is 2.77. The summed E-state index contributed by atoms with van der Waals surface area (Å²) in [5.74, 6) is 1.77. The first-order valence-electron chi connectivity index (χ1n) is 8.84. The van der Waals surface area contributed by atoms with Crippen molar-refractivity contribution in [2.45, 2.75) is 12.8 Å². The number of methoxy groups -OCH3 is 1. The molecule has 0 radical (unpaired) electrons. The van der Waals surface area contributed by atoms with Crippen molar-refractivity contribution in [2.75, 3.05) is 12.4 Å². The predicted octanol–water partition coefficient (Wildman–Crippen LogP) is 3.65. The molecule has 0 atom stereocenters. The van der Waals surface area contributed by atoms with Crippen LogP contribution >= 0.6 is 0 Å². The van der Waals surface area contributed by atoms with Crippen LogP contribution in [0.3, 0.4) is 0 Å². The van der Waals surface area contributed by atoms with Crippen LogP contribution in [0, 0.1) is 5.92 Å². The Kier molecular flexibility index (Phi) is 4.82. The van der Waals surface area contributed by atoms with Crippen LogP contribution in [-0.2, 0) is 4.79 Å². The molecule has 10 heteroatoms. The van der Waals surface area contributed by atoms with Gasteiger partial charge in [0.25, 0.3) is 0 Å². The minimum Gasteiger partial charge on any atom is -0.493 e. The number of nitrogens with one attached hydrogen (secondary N) is 1. The van der Waals surface area contributed by atoms with Crippen molar-refractivity contribution in [1.82, 2.24) is 9.97 Å². The van der Waals surface area contributed by atoms with Gasteiger partial charge in [0, 0.05) is 35.7 Å². The Morgan fingerprint density at radius 2 is 2.07 bits per heavy atom. The van der Waals surface area contributed by atoms with Crippen LogP contribution in [0.2, 0.25) is 0 Å².